The van der Waals surface area contributed by atoms with Gasteiger partial charge in [0.15, 0.2) is 0 Å². The van der Waals surface area contributed by atoms with E-state index in [4.69, 9.17) is 11.5 Å². The fourth-order valence-corrected chi connectivity index (χ4v) is 0.688. The Hall–Kier alpha value is -2.52. The lowest BCUT2D eigenvalue weighted by Crippen LogP contribution is -2.08. The Morgan fingerprint density at radius 1 is 0.929 bits per heavy atom. The van der Waals surface area contributed by atoms with Gasteiger partial charge in [0, 0.05) is 0 Å². The first-order chi connectivity index (χ1) is 6.43. The van der Waals surface area contributed by atoms with Gasteiger partial charge in [-0.15, -0.1) is 0 Å². The van der Waals surface area contributed by atoms with Crippen LogP contribution in [0.1, 0.15) is 0 Å². The van der Waals surface area contributed by atoms with E-state index < -0.39 is 33.1 Å². The Labute approximate surface area is 75.9 Å². The molecule has 0 aliphatic carbocycles. The van der Waals surface area contributed by atoms with E-state index in [1.54, 1.807) is 0 Å². The summed E-state index contributed by atoms with van der Waals surface area (Å²) in [6.45, 7) is 0. The Kier molecular flexibility index (Phi) is 2.11. The third kappa shape index (κ3) is 1.48. The van der Waals surface area contributed by atoms with Gasteiger partial charge >= 0.3 is 23.3 Å². The first-order valence-corrected chi connectivity index (χ1v) is 3.15. The van der Waals surface area contributed by atoms with E-state index in [1.165, 1.54) is 0 Å². The Balaban J connectivity index is 3.46. The number of nitrogens with zero attached hydrogens (tertiary/aromatic N) is 4. The molecule has 0 fully saturated rings. The number of rotatable bonds is 2. The average Bonchev–Trinajstić information content (AvgIpc) is 2.08. The minimum absolute atomic E-state index is 0.415. The molecule has 0 spiro atoms. The van der Waals surface area contributed by atoms with Gasteiger partial charge in [-0.3, -0.25) is 0 Å². The van der Waals surface area contributed by atoms with Gasteiger partial charge in [0.25, 0.3) is 0 Å². The van der Waals surface area contributed by atoms with Gasteiger partial charge in [-0.25, -0.2) is 0 Å². The molecule has 1 rings (SSSR count). The van der Waals surface area contributed by atoms with Crippen LogP contribution < -0.4 is 11.5 Å². The summed E-state index contributed by atoms with van der Waals surface area (Å²) in [4.78, 5) is 24.8. The first-order valence-electron chi connectivity index (χ1n) is 3.15. The number of hydrogen-bond donors (Lipinski definition) is 2. The SMILES string of the molecule is Nc1nc([N+](=O)[O-])c([N+](=O)[O-])nc1N. The molecule has 0 saturated carbocycles. The molecule has 0 atom stereocenters. The van der Waals surface area contributed by atoms with Crippen LogP contribution in [0.5, 0.6) is 0 Å². The van der Waals surface area contributed by atoms with Crippen molar-refractivity contribution in [3.63, 3.8) is 0 Å². The normalized spacial score (nSPS) is 9.71. The van der Waals surface area contributed by atoms with Crippen molar-refractivity contribution in [1.82, 2.24) is 9.97 Å². The Morgan fingerprint density at radius 3 is 1.43 bits per heavy atom. The molecule has 4 N–H and O–H groups in total. The summed E-state index contributed by atoms with van der Waals surface area (Å²) in [5.41, 5.74) is 10.2. The molecule has 1 heterocycles. The fourth-order valence-electron chi connectivity index (χ4n) is 0.688. The second-order valence-electron chi connectivity index (χ2n) is 2.16. The summed E-state index contributed by atoms with van der Waals surface area (Å²) >= 11 is 0. The van der Waals surface area contributed by atoms with Gasteiger partial charge in [-0.2, -0.15) is 0 Å². The predicted molar refractivity (Wildman–Crippen MR) is 44.2 cm³/mol. The van der Waals surface area contributed by atoms with E-state index in [-0.39, 0.29) is 0 Å². The molecule has 1 aromatic rings. The smallest absolute Gasteiger partial charge is 0.358 e. The van der Waals surface area contributed by atoms with E-state index >= 15 is 0 Å². The molecule has 1 aromatic heterocycles. The van der Waals surface area contributed by atoms with Crippen LogP contribution in [0.15, 0.2) is 0 Å². The zero-order chi connectivity index (χ0) is 10.9. The fraction of sp³-hybridized carbons (Fsp3) is 0. The maximum absolute atomic E-state index is 10.3. The highest BCUT2D eigenvalue weighted by Gasteiger charge is 2.31. The Morgan fingerprint density at radius 2 is 1.21 bits per heavy atom. The molecule has 10 heteroatoms. The maximum Gasteiger partial charge on any atom is 0.465 e. The summed E-state index contributed by atoms with van der Waals surface area (Å²) < 4.78 is 0. The van der Waals surface area contributed by atoms with Crippen molar-refractivity contribution in [1.29, 1.82) is 0 Å². The molecule has 10 nitrogen and oxygen atoms in total. The minimum atomic E-state index is -1.05. The largest absolute Gasteiger partial charge is 0.465 e. The standard InChI is InChI=1S/C4H4N6O4/c5-1-2(6)8-4(10(13)14)3(7-1)9(11)12/h(H2,5,7)(H2,6,8). The molecular weight excluding hydrogens is 196 g/mol. The van der Waals surface area contributed by atoms with Crippen molar-refractivity contribution in [3.8, 4) is 0 Å². The minimum Gasteiger partial charge on any atom is -0.358 e. The molecule has 74 valence electrons. The molecule has 0 aliphatic rings. The maximum atomic E-state index is 10.3. The van der Waals surface area contributed by atoms with Crippen molar-refractivity contribution in [2.24, 2.45) is 0 Å². The second-order valence-corrected chi connectivity index (χ2v) is 2.16. The second kappa shape index (κ2) is 3.08. The van der Waals surface area contributed by atoms with E-state index in [0.29, 0.717) is 0 Å². The topological polar surface area (TPSA) is 164 Å². The highest BCUT2D eigenvalue weighted by Crippen LogP contribution is 2.25. The third-order valence-electron chi connectivity index (χ3n) is 1.26. The van der Waals surface area contributed by atoms with Crippen LogP contribution in [0.25, 0.3) is 0 Å². The van der Waals surface area contributed by atoms with E-state index in [0.717, 1.165) is 0 Å². The number of hydrogen-bond acceptors (Lipinski definition) is 8. The highest BCUT2D eigenvalue weighted by atomic mass is 16.6. The number of anilines is 2. The van der Waals surface area contributed by atoms with Gasteiger partial charge in [-0.1, -0.05) is 0 Å². The molecular formula is C4H4N6O4. The van der Waals surface area contributed by atoms with Crippen LogP contribution >= 0.6 is 0 Å². The highest BCUT2D eigenvalue weighted by molar-refractivity contribution is 5.59. The van der Waals surface area contributed by atoms with Crippen LogP contribution in [-0.4, -0.2) is 19.8 Å². The van der Waals surface area contributed by atoms with Crippen LogP contribution in [0.2, 0.25) is 0 Å². The van der Waals surface area contributed by atoms with Crippen LogP contribution in [-0.2, 0) is 0 Å². The number of aromatic nitrogens is 2. The summed E-state index contributed by atoms with van der Waals surface area (Å²) in [6, 6.07) is 0. The van der Waals surface area contributed by atoms with E-state index in [1.807, 2.05) is 0 Å². The summed E-state index contributed by atoms with van der Waals surface area (Å²) in [5.74, 6) is -2.88. The first kappa shape index (κ1) is 9.57. The summed E-state index contributed by atoms with van der Waals surface area (Å²) in [7, 11) is 0. The quantitative estimate of drug-likeness (QED) is 0.474. The molecule has 0 radical (unpaired) electrons. The molecule has 0 aliphatic heterocycles. The summed E-state index contributed by atoms with van der Waals surface area (Å²) in [6.07, 6.45) is 0. The van der Waals surface area contributed by atoms with Crippen LogP contribution in [0.4, 0.5) is 23.3 Å². The van der Waals surface area contributed by atoms with Gasteiger partial charge in [0.2, 0.25) is 0 Å². The predicted octanol–water partition coefficient (Wildman–Crippen LogP) is -0.543. The van der Waals surface area contributed by atoms with E-state index in [9.17, 15) is 20.2 Å². The van der Waals surface area contributed by atoms with E-state index in [2.05, 4.69) is 9.97 Å². The number of nitrogen functional groups attached to an aromatic ring is 2. The Bertz CT molecular complexity index is 378. The molecule has 14 heavy (non-hydrogen) atoms. The van der Waals surface area contributed by atoms with Crippen molar-refractivity contribution < 1.29 is 9.85 Å². The lowest BCUT2D eigenvalue weighted by atomic mass is 10.5. The molecule has 0 unspecified atom stereocenters. The van der Waals surface area contributed by atoms with Gasteiger partial charge < -0.3 is 31.7 Å². The van der Waals surface area contributed by atoms with Gasteiger partial charge in [0.05, 0.1) is 0 Å². The monoisotopic (exact) mass is 200 g/mol. The lowest BCUT2D eigenvalue weighted by molar-refractivity contribution is -0.428. The van der Waals surface area contributed by atoms with Crippen molar-refractivity contribution in [3.05, 3.63) is 20.2 Å². The van der Waals surface area contributed by atoms with Gasteiger partial charge in [0.1, 0.15) is 0 Å². The van der Waals surface area contributed by atoms with Crippen LogP contribution in [0.3, 0.4) is 0 Å². The molecule has 0 aromatic carbocycles. The molecule has 0 bridgehead atoms. The lowest BCUT2D eigenvalue weighted by Gasteiger charge is -1.95. The number of nitro groups is 2. The zero-order valence-electron chi connectivity index (χ0n) is 6.58. The molecule has 0 saturated heterocycles. The van der Waals surface area contributed by atoms with Gasteiger partial charge in [-0.05, 0) is 19.8 Å². The summed E-state index contributed by atoms with van der Waals surface area (Å²) in [5, 5.41) is 20.6. The third-order valence-corrected chi connectivity index (χ3v) is 1.26. The van der Waals surface area contributed by atoms with Crippen molar-refractivity contribution >= 4 is 23.3 Å². The van der Waals surface area contributed by atoms with Crippen molar-refractivity contribution in [2.75, 3.05) is 11.5 Å². The van der Waals surface area contributed by atoms with Crippen LogP contribution in [0, 0.1) is 20.2 Å². The zero-order valence-corrected chi connectivity index (χ0v) is 6.58. The average molecular weight is 200 g/mol. The van der Waals surface area contributed by atoms with Crippen molar-refractivity contribution in [2.45, 2.75) is 0 Å². The number of nitrogens with two attached hydrogens (primary N) is 2. The molecule has 0 amide bonds.